The molecule has 3 nitrogen and oxygen atoms in total. The van der Waals surface area contributed by atoms with Gasteiger partial charge in [-0.25, -0.2) is 0 Å². The Bertz CT molecular complexity index is 479. The molecule has 12 heavy (non-hydrogen) atoms. The Morgan fingerprint density at radius 2 is 1.75 bits per heavy atom. The maximum Gasteiger partial charge on any atom is 0.257 e. The number of aromatic amines is 2. The summed E-state index contributed by atoms with van der Waals surface area (Å²) in [5.74, 6) is 0. The van der Waals surface area contributed by atoms with E-state index in [0.717, 1.165) is 22.0 Å². The fraction of sp³-hybridized carbons (Fsp3) is 0.222. The van der Waals surface area contributed by atoms with Gasteiger partial charge in [0.05, 0.1) is 10.9 Å². The van der Waals surface area contributed by atoms with Gasteiger partial charge in [0.2, 0.25) is 0 Å². The lowest BCUT2D eigenvalue weighted by atomic mass is 10.2. The predicted octanol–water partition coefficient (Wildman–Crippen LogP) is 1.47. The Morgan fingerprint density at radius 1 is 1.08 bits per heavy atom. The molecule has 0 spiro atoms. The summed E-state index contributed by atoms with van der Waals surface area (Å²) in [6.07, 6.45) is 3.58. The molecule has 0 radical (unpaired) electrons. The first-order valence-corrected chi connectivity index (χ1v) is 3.86. The van der Waals surface area contributed by atoms with E-state index in [1.54, 1.807) is 6.20 Å². The minimum absolute atomic E-state index is 0.0191. The van der Waals surface area contributed by atoms with Gasteiger partial charge in [-0.2, -0.15) is 0 Å². The Balaban J connectivity index is 3.09. The third kappa shape index (κ3) is 0.794. The number of aryl methyl sites for hydroxylation is 2. The second-order valence-electron chi connectivity index (χ2n) is 3.02. The summed E-state index contributed by atoms with van der Waals surface area (Å²) in [7, 11) is 0. The maximum atomic E-state index is 11.3. The Morgan fingerprint density at radius 3 is 2.42 bits per heavy atom. The normalized spacial score (nSPS) is 10.8. The van der Waals surface area contributed by atoms with E-state index in [9.17, 15) is 4.79 Å². The largest absolute Gasteiger partial charge is 0.360 e. The summed E-state index contributed by atoms with van der Waals surface area (Å²) in [5.41, 5.74) is 2.98. The van der Waals surface area contributed by atoms with Gasteiger partial charge in [0, 0.05) is 12.4 Å². The molecule has 2 aromatic heterocycles. The van der Waals surface area contributed by atoms with E-state index < -0.39 is 0 Å². The van der Waals surface area contributed by atoms with E-state index in [4.69, 9.17) is 0 Å². The summed E-state index contributed by atoms with van der Waals surface area (Å²) < 4.78 is 0. The van der Waals surface area contributed by atoms with Gasteiger partial charge >= 0.3 is 0 Å². The van der Waals surface area contributed by atoms with E-state index in [2.05, 4.69) is 9.97 Å². The number of aromatic nitrogens is 2. The molecule has 2 N–H and O–H groups in total. The van der Waals surface area contributed by atoms with Crippen molar-refractivity contribution < 1.29 is 0 Å². The minimum Gasteiger partial charge on any atom is -0.360 e. The molecule has 0 aliphatic carbocycles. The molecule has 0 bridgehead atoms. The smallest absolute Gasteiger partial charge is 0.257 e. The molecular formula is C9H10N2O. The molecule has 0 fully saturated rings. The van der Waals surface area contributed by atoms with Crippen LogP contribution >= 0.6 is 0 Å². The van der Waals surface area contributed by atoms with Crippen molar-refractivity contribution in [2.75, 3.05) is 0 Å². The van der Waals surface area contributed by atoms with E-state index in [0.29, 0.717) is 0 Å². The van der Waals surface area contributed by atoms with Crippen LogP contribution in [-0.4, -0.2) is 9.97 Å². The van der Waals surface area contributed by atoms with Gasteiger partial charge in [-0.1, -0.05) is 0 Å². The van der Waals surface area contributed by atoms with Crippen molar-refractivity contribution in [3.63, 3.8) is 0 Å². The lowest BCUT2D eigenvalue weighted by molar-refractivity contribution is 1.23. The summed E-state index contributed by atoms with van der Waals surface area (Å²) in [4.78, 5) is 17.1. The van der Waals surface area contributed by atoms with Gasteiger partial charge in [0.15, 0.2) is 0 Å². The zero-order chi connectivity index (χ0) is 8.72. The highest BCUT2D eigenvalue weighted by Gasteiger charge is 2.04. The molecule has 2 rings (SSSR count). The van der Waals surface area contributed by atoms with Gasteiger partial charge in [-0.05, 0) is 25.0 Å². The van der Waals surface area contributed by atoms with Crippen LogP contribution in [0.1, 0.15) is 11.1 Å². The van der Waals surface area contributed by atoms with Crippen molar-refractivity contribution in [3.05, 3.63) is 33.9 Å². The fourth-order valence-corrected chi connectivity index (χ4v) is 1.44. The lowest BCUT2D eigenvalue weighted by Crippen LogP contribution is -2.05. The highest BCUT2D eigenvalue weighted by molar-refractivity contribution is 5.84. The molecule has 0 aliphatic heterocycles. The number of hydrogen-bond donors (Lipinski definition) is 2. The highest BCUT2D eigenvalue weighted by atomic mass is 16.1. The van der Waals surface area contributed by atoms with Crippen LogP contribution in [0.5, 0.6) is 0 Å². The van der Waals surface area contributed by atoms with Gasteiger partial charge in [0.1, 0.15) is 0 Å². The maximum absolute atomic E-state index is 11.3. The molecule has 0 atom stereocenters. The SMILES string of the molecule is Cc1c[nH]c(=O)c2c(C)c[nH]c12. The number of nitrogens with one attached hydrogen (secondary N) is 2. The number of hydrogen-bond acceptors (Lipinski definition) is 1. The first-order valence-electron chi connectivity index (χ1n) is 3.86. The van der Waals surface area contributed by atoms with E-state index in [-0.39, 0.29) is 5.56 Å². The van der Waals surface area contributed by atoms with Gasteiger partial charge in [-0.15, -0.1) is 0 Å². The van der Waals surface area contributed by atoms with Crippen molar-refractivity contribution in [1.29, 1.82) is 0 Å². The van der Waals surface area contributed by atoms with Crippen LogP contribution in [0, 0.1) is 13.8 Å². The van der Waals surface area contributed by atoms with Crippen LogP contribution in [0.4, 0.5) is 0 Å². The monoisotopic (exact) mass is 162 g/mol. The molecular weight excluding hydrogens is 152 g/mol. The molecule has 0 unspecified atom stereocenters. The second-order valence-corrected chi connectivity index (χ2v) is 3.02. The molecule has 2 heterocycles. The molecule has 2 aromatic rings. The van der Waals surface area contributed by atoms with Gasteiger partial charge in [0.25, 0.3) is 5.56 Å². The molecule has 0 aromatic carbocycles. The van der Waals surface area contributed by atoms with Crippen molar-refractivity contribution in [1.82, 2.24) is 9.97 Å². The molecule has 0 amide bonds. The molecule has 0 saturated heterocycles. The first kappa shape index (κ1) is 7.16. The zero-order valence-electron chi connectivity index (χ0n) is 7.06. The number of rotatable bonds is 0. The Labute approximate surface area is 69.4 Å². The van der Waals surface area contributed by atoms with Crippen LogP contribution in [0.25, 0.3) is 10.9 Å². The van der Waals surface area contributed by atoms with Crippen molar-refractivity contribution in [3.8, 4) is 0 Å². The molecule has 0 aliphatic rings. The number of H-pyrrole nitrogens is 2. The van der Waals surface area contributed by atoms with Crippen molar-refractivity contribution >= 4 is 10.9 Å². The van der Waals surface area contributed by atoms with Crippen molar-refractivity contribution in [2.45, 2.75) is 13.8 Å². The minimum atomic E-state index is -0.0191. The van der Waals surface area contributed by atoms with E-state index in [1.807, 2.05) is 20.0 Å². The molecule has 3 heteroatoms. The summed E-state index contributed by atoms with van der Waals surface area (Å²) in [5, 5.41) is 0.773. The van der Waals surface area contributed by atoms with Gasteiger partial charge < -0.3 is 9.97 Å². The standard InChI is InChI=1S/C9H10N2O/c1-5-3-10-8-6(2)4-11-9(12)7(5)8/h3-4,10H,1-2H3,(H,11,12). The summed E-state index contributed by atoms with van der Waals surface area (Å²) in [6, 6.07) is 0. The second kappa shape index (κ2) is 2.24. The predicted molar refractivity (Wildman–Crippen MR) is 48.4 cm³/mol. The quantitative estimate of drug-likeness (QED) is 0.605. The summed E-state index contributed by atoms with van der Waals surface area (Å²) >= 11 is 0. The van der Waals surface area contributed by atoms with Crippen LogP contribution < -0.4 is 5.56 Å². The topological polar surface area (TPSA) is 48.6 Å². The fourth-order valence-electron chi connectivity index (χ4n) is 1.44. The van der Waals surface area contributed by atoms with Crippen LogP contribution in [0.3, 0.4) is 0 Å². The molecule has 62 valence electrons. The Hall–Kier alpha value is -1.51. The van der Waals surface area contributed by atoms with E-state index in [1.165, 1.54) is 0 Å². The average molecular weight is 162 g/mol. The van der Waals surface area contributed by atoms with E-state index >= 15 is 0 Å². The first-order chi connectivity index (χ1) is 5.70. The van der Waals surface area contributed by atoms with Crippen LogP contribution in [0.15, 0.2) is 17.2 Å². The third-order valence-electron chi connectivity index (χ3n) is 2.12. The van der Waals surface area contributed by atoms with Crippen LogP contribution in [0.2, 0.25) is 0 Å². The Kier molecular flexibility index (Phi) is 1.33. The van der Waals surface area contributed by atoms with Crippen LogP contribution in [-0.2, 0) is 0 Å². The van der Waals surface area contributed by atoms with Gasteiger partial charge in [-0.3, -0.25) is 4.79 Å². The third-order valence-corrected chi connectivity index (χ3v) is 2.12. The summed E-state index contributed by atoms with van der Waals surface area (Å²) in [6.45, 7) is 3.89. The average Bonchev–Trinajstić information content (AvgIpc) is 2.42. The number of fused-ring (bicyclic) bond motifs is 1. The lowest BCUT2D eigenvalue weighted by Gasteiger charge is -1.94. The zero-order valence-corrected chi connectivity index (χ0v) is 7.06. The highest BCUT2D eigenvalue weighted by Crippen LogP contribution is 2.14. The molecule has 0 saturated carbocycles. The van der Waals surface area contributed by atoms with Crippen molar-refractivity contribution in [2.24, 2.45) is 0 Å². The number of pyridine rings is 1.